The van der Waals surface area contributed by atoms with Gasteiger partial charge in [-0.1, -0.05) is 12.1 Å². The van der Waals surface area contributed by atoms with Crippen molar-refractivity contribution < 1.29 is 17.9 Å². The predicted octanol–water partition coefficient (Wildman–Crippen LogP) is 1.56. The Balaban J connectivity index is 0.00000312. The van der Waals surface area contributed by atoms with Gasteiger partial charge in [-0.3, -0.25) is 4.99 Å². The zero-order valence-corrected chi connectivity index (χ0v) is 17.7. The molecule has 2 rings (SSSR count). The minimum atomic E-state index is -3.12. The van der Waals surface area contributed by atoms with Crippen LogP contribution in [0.2, 0.25) is 0 Å². The van der Waals surface area contributed by atoms with Crippen LogP contribution in [0.25, 0.3) is 0 Å². The third-order valence-electron chi connectivity index (χ3n) is 4.26. The number of aliphatic hydroxyl groups excluding tert-OH is 1. The van der Waals surface area contributed by atoms with Crippen LogP contribution in [0.5, 0.6) is 0 Å². The summed E-state index contributed by atoms with van der Waals surface area (Å²) >= 11 is 0. The van der Waals surface area contributed by atoms with Crippen molar-refractivity contribution in [2.75, 3.05) is 32.4 Å². The summed E-state index contributed by atoms with van der Waals surface area (Å²) in [6.45, 7) is 4.30. The smallest absolute Gasteiger partial charge is 0.193 e. The monoisotopic (exact) mass is 485 g/mol. The molecule has 0 radical (unpaired) electrons. The Morgan fingerprint density at radius 2 is 2.00 bits per heavy atom. The molecule has 1 unspecified atom stereocenters. The number of aliphatic hydroxyl groups is 1. The molecular weight excluding hydrogens is 460 g/mol. The molecule has 6 nitrogen and oxygen atoms in total. The summed E-state index contributed by atoms with van der Waals surface area (Å²) in [4.78, 5) is 6.04. The highest BCUT2D eigenvalue weighted by atomic mass is 127. The molecule has 0 bridgehead atoms. The molecule has 1 aliphatic rings. The summed E-state index contributed by atoms with van der Waals surface area (Å²) < 4.78 is 36.2. The Hall–Kier alpha value is -0.940. The Kier molecular flexibility index (Phi) is 7.63. The van der Waals surface area contributed by atoms with Crippen LogP contribution >= 0.6 is 24.0 Å². The van der Waals surface area contributed by atoms with E-state index in [-0.39, 0.29) is 42.1 Å². The second-order valence-corrected chi connectivity index (χ2v) is 9.24. The number of guanidine groups is 1. The van der Waals surface area contributed by atoms with Crippen molar-refractivity contribution in [3.05, 3.63) is 35.6 Å². The van der Waals surface area contributed by atoms with E-state index in [1.807, 2.05) is 4.90 Å². The van der Waals surface area contributed by atoms with Crippen LogP contribution in [-0.2, 0) is 9.84 Å². The van der Waals surface area contributed by atoms with E-state index in [4.69, 9.17) is 0 Å². The highest BCUT2D eigenvalue weighted by molar-refractivity contribution is 14.0. The highest BCUT2D eigenvalue weighted by Crippen LogP contribution is 2.23. The number of nitrogens with zero attached hydrogens (tertiary/aromatic N) is 2. The minimum absolute atomic E-state index is 0. The average molecular weight is 485 g/mol. The van der Waals surface area contributed by atoms with Gasteiger partial charge in [-0.05, 0) is 31.5 Å². The van der Waals surface area contributed by atoms with E-state index < -0.39 is 20.7 Å². The van der Waals surface area contributed by atoms with Gasteiger partial charge in [-0.2, -0.15) is 0 Å². The maximum absolute atomic E-state index is 12.9. The van der Waals surface area contributed by atoms with Crippen LogP contribution in [0.4, 0.5) is 4.39 Å². The molecule has 142 valence electrons. The zero-order chi connectivity index (χ0) is 18.0. The van der Waals surface area contributed by atoms with Crippen molar-refractivity contribution in [1.29, 1.82) is 0 Å². The molecule has 0 aromatic heterocycles. The van der Waals surface area contributed by atoms with Gasteiger partial charge < -0.3 is 15.3 Å². The van der Waals surface area contributed by atoms with E-state index in [2.05, 4.69) is 10.3 Å². The molecule has 1 aromatic rings. The van der Waals surface area contributed by atoms with Crippen molar-refractivity contribution in [1.82, 2.24) is 10.2 Å². The lowest BCUT2D eigenvalue weighted by atomic mass is 10.1. The van der Waals surface area contributed by atoms with Gasteiger partial charge in [0.25, 0.3) is 0 Å². The van der Waals surface area contributed by atoms with Crippen molar-refractivity contribution in [2.45, 2.75) is 24.7 Å². The third-order valence-corrected chi connectivity index (χ3v) is 6.80. The lowest BCUT2D eigenvalue weighted by molar-refractivity contribution is 0.179. The fourth-order valence-electron chi connectivity index (χ4n) is 2.65. The minimum Gasteiger partial charge on any atom is -0.387 e. The first-order valence-electron chi connectivity index (χ1n) is 7.78. The highest BCUT2D eigenvalue weighted by Gasteiger charge is 2.40. The van der Waals surface area contributed by atoms with Crippen molar-refractivity contribution in [3.8, 4) is 0 Å². The summed E-state index contributed by atoms with van der Waals surface area (Å²) in [6, 6.07) is 5.65. The van der Waals surface area contributed by atoms with E-state index in [1.165, 1.54) is 24.3 Å². The van der Waals surface area contributed by atoms with Gasteiger partial charge in [0, 0.05) is 26.7 Å². The van der Waals surface area contributed by atoms with Crippen LogP contribution in [0.3, 0.4) is 0 Å². The molecule has 1 aliphatic heterocycles. The molecule has 1 fully saturated rings. The number of nitrogens with one attached hydrogen (secondary N) is 1. The standard InChI is InChI=1S/C16H24FN3O3S.HI/c1-16(2)11-20(8-9-24(16,22)23)15(18-3)19-10-14(21)12-4-6-13(17)7-5-12;/h4-7,14,21H,8-11H2,1-3H3,(H,18,19);1H. The average Bonchev–Trinajstić information content (AvgIpc) is 2.51. The summed E-state index contributed by atoms with van der Waals surface area (Å²) in [5.74, 6) is 0.256. The summed E-state index contributed by atoms with van der Waals surface area (Å²) in [7, 11) is -1.51. The van der Waals surface area contributed by atoms with E-state index in [0.29, 0.717) is 24.6 Å². The summed E-state index contributed by atoms with van der Waals surface area (Å²) in [6.07, 6.45) is -0.816. The summed E-state index contributed by atoms with van der Waals surface area (Å²) in [5, 5.41) is 13.2. The topological polar surface area (TPSA) is 82.0 Å². The molecule has 0 saturated carbocycles. The quantitative estimate of drug-likeness (QED) is 0.386. The maximum Gasteiger partial charge on any atom is 0.193 e. The van der Waals surface area contributed by atoms with Crippen LogP contribution in [0.15, 0.2) is 29.3 Å². The molecule has 25 heavy (non-hydrogen) atoms. The van der Waals surface area contributed by atoms with Gasteiger partial charge in [0.15, 0.2) is 15.8 Å². The first-order valence-corrected chi connectivity index (χ1v) is 9.43. The van der Waals surface area contributed by atoms with Crippen LogP contribution < -0.4 is 5.32 Å². The van der Waals surface area contributed by atoms with E-state index in [9.17, 15) is 17.9 Å². The first-order chi connectivity index (χ1) is 11.2. The molecule has 0 spiro atoms. The van der Waals surface area contributed by atoms with Crippen molar-refractivity contribution in [3.63, 3.8) is 0 Å². The molecule has 0 aliphatic carbocycles. The fourth-order valence-corrected chi connectivity index (χ4v) is 4.01. The molecule has 2 N–H and O–H groups in total. The normalized spacial score (nSPS) is 20.5. The predicted molar refractivity (Wildman–Crippen MR) is 108 cm³/mol. The van der Waals surface area contributed by atoms with Crippen molar-refractivity contribution in [2.24, 2.45) is 4.99 Å². The van der Waals surface area contributed by atoms with Gasteiger partial charge in [0.05, 0.1) is 16.6 Å². The van der Waals surface area contributed by atoms with Gasteiger partial charge >= 0.3 is 0 Å². The number of aliphatic imine (C=N–C) groups is 1. The van der Waals surface area contributed by atoms with Crippen LogP contribution in [0, 0.1) is 5.82 Å². The fraction of sp³-hybridized carbons (Fsp3) is 0.562. The summed E-state index contributed by atoms with van der Waals surface area (Å²) in [5.41, 5.74) is 0.598. The third kappa shape index (κ3) is 5.27. The lowest BCUT2D eigenvalue weighted by Gasteiger charge is -2.39. The SMILES string of the molecule is CN=C(NCC(O)c1ccc(F)cc1)N1CCS(=O)(=O)C(C)(C)C1.I. The molecule has 0 amide bonds. The molecule has 1 aromatic carbocycles. The number of rotatable bonds is 3. The van der Waals surface area contributed by atoms with Crippen molar-refractivity contribution >= 4 is 39.8 Å². The molecular formula is C16H25FIN3O3S. The Morgan fingerprint density at radius 3 is 2.52 bits per heavy atom. The second kappa shape index (κ2) is 8.63. The molecule has 1 saturated heterocycles. The molecule has 9 heteroatoms. The molecule has 1 atom stereocenters. The number of sulfone groups is 1. The molecule has 1 heterocycles. The number of hydrogen-bond donors (Lipinski definition) is 2. The Morgan fingerprint density at radius 1 is 1.40 bits per heavy atom. The number of hydrogen-bond acceptors (Lipinski definition) is 4. The van der Waals surface area contributed by atoms with Gasteiger partial charge in [-0.25, -0.2) is 12.8 Å². The van der Waals surface area contributed by atoms with Gasteiger partial charge in [-0.15, -0.1) is 24.0 Å². The van der Waals surface area contributed by atoms with E-state index in [1.54, 1.807) is 20.9 Å². The zero-order valence-electron chi connectivity index (χ0n) is 14.6. The Bertz CT molecular complexity index is 708. The number of halogens is 2. The van der Waals surface area contributed by atoms with Crippen LogP contribution in [-0.4, -0.2) is 61.6 Å². The number of benzene rings is 1. The van der Waals surface area contributed by atoms with Gasteiger partial charge in [0.2, 0.25) is 0 Å². The Labute approximate surface area is 165 Å². The first kappa shape index (κ1) is 22.1. The second-order valence-electron chi connectivity index (χ2n) is 6.50. The van der Waals surface area contributed by atoms with Gasteiger partial charge in [0.1, 0.15) is 5.82 Å². The van der Waals surface area contributed by atoms with Crippen LogP contribution in [0.1, 0.15) is 25.5 Å². The van der Waals surface area contributed by atoms with E-state index in [0.717, 1.165) is 0 Å². The largest absolute Gasteiger partial charge is 0.387 e. The lowest BCUT2D eigenvalue weighted by Crippen LogP contribution is -2.57. The maximum atomic E-state index is 12.9. The van der Waals surface area contributed by atoms with E-state index >= 15 is 0 Å².